The van der Waals surface area contributed by atoms with Gasteiger partial charge >= 0.3 is 0 Å². The van der Waals surface area contributed by atoms with Crippen LogP contribution >= 0.6 is 0 Å². The van der Waals surface area contributed by atoms with Crippen molar-refractivity contribution >= 4 is 0 Å². The van der Waals surface area contributed by atoms with E-state index in [1.54, 1.807) is 0 Å². The molecule has 0 unspecified atom stereocenters. The van der Waals surface area contributed by atoms with Crippen molar-refractivity contribution in [2.45, 2.75) is 19.8 Å². The van der Waals surface area contributed by atoms with E-state index < -0.39 is 0 Å². The van der Waals surface area contributed by atoms with E-state index in [-0.39, 0.29) is 0 Å². The van der Waals surface area contributed by atoms with Crippen LogP contribution in [0.1, 0.15) is 25.3 Å². The Morgan fingerprint density at radius 2 is 0.727 bits per heavy atom. The van der Waals surface area contributed by atoms with Crippen LogP contribution < -0.4 is 0 Å². The molecular weight excluding hydrogens is 396 g/mol. The van der Waals surface area contributed by atoms with E-state index in [1.807, 2.05) is 0 Å². The quantitative estimate of drug-likeness (QED) is 0.263. The zero-order chi connectivity index (χ0) is 22.6. The van der Waals surface area contributed by atoms with Crippen LogP contribution in [-0.4, -0.2) is 0 Å². The van der Waals surface area contributed by atoms with Gasteiger partial charge in [0.1, 0.15) is 0 Å². The fourth-order valence-electron chi connectivity index (χ4n) is 4.56. The summed E-state index contributed by atoms with van der Waals surface area (Å²) in [6, 6.07) is 46.0. The highest BCUT2D eigenvalue weighted by molar-refractivity contribution is 6.01. The van der Waals surface area contributed by atoms with Crippen LogP contribution in [0.2, 0.25) is 0 Å². The molecule has 0 saturated heterocycles. The van der Waals surface area contributed by atoms with E-state index in [0.717, 1.165) is 0 Å². The highest BCUT2D eigenvalue weighted by Crippen LogP contribution is 2.45. The van der Waals surface area contributed by atoms with Gasteiger partial charge in [-0.3, -0.25) is 0 Å². The van der Waals surface area contributed by atoms with Gasteiger partial charge in [0.25, 0.3) is 0 Å². The summed E-state index contributed by atoms with van der Waals surface area (Å²) in [5.74, 6) is 0.521. The Kier molecular flexibility index (Phi) is 5.91. The van der Waals surface area contributed by atoms with Crippen LogP contribution in [0.5, 0.6) is 0 Å². The fraction of sp³-hybridized carbons (Fsp3) is 0.0909. The zero-order valence-electron chi connectivity index (χ0n) is 19.2. The molecule has 0 bridgehead atoms. The van der Waals surface area contributed by atoms with Crippen molar-refractivity contribution < 1.29 is 0 Å². The molecule has 0 nitrogen and oxygen atoms in total. The van der Waals surface area contributed by atoms with E-state index in [4.69, 9.17) is 0 Å². The van der Waals surface area contributed by atoms with Gasteiger partial charge in [0.05, 0.1) is 0 Å². The maximum absolute atomic E-state index is 2.29. The van der Waals surface area contributed by atoms with Gasteiger partial charge in [-0.25, -0.2) is 0 Å². The molecule has 0 fully saturated rings. The maximum Gasteiger partial charge on any atom is -0.00206 e. The molecule has 0 aliphatic heterocycles. The van der Waals surface area contributed by atoms with E-state index in [2.05, 4.69) is 141 Å². The number of hydrogen-bond donors (Lipinski definition) is 0. The molecule has 0 radical (unpaired) electrons. The van der Waals surface area contributed by atoms with Gasteiger partial charge < -0.3 is 0 Å². The molecule has 5 aromatic rings. The minimum Gasteiger partial charge on any atom is -0.0622 e. The molecule has 160 valence electrons. The molecule has 0 spiro atoms. The smallest absolute Gasteiger partial charge is 0.00206 e. The van der Waals surface area contributed by atoms with Gasteiger partial charge in [0.2, 0.25) is 0 Å². The fourth-order valence-corrected chi connectivity index (χ4v) is 4.56. The second-order valence-corrected chi connectivity index (χ2v) is 8.79. The minimum absolute atomic E-state index is 0.521. The highest BCUT2D eigenvalue weighted by atomic mass is 14.2. The largest absolute Gasteiger partial charge is 0.0622 e. The Balaban J connectivity index is 1.84. The van der Waals surface area contributed by atoms with Crippen LogP contribution in [-0.2, 0) is 0 Å². The predicted octanol–water partition coefficient (Wildman–Crippen LogP) is 9.48. The van der Waals surface area contributed by atoms with Crippen LogP contribution in [0.25, 0.3) is 44.5 Å². The molecule has 0 saturated carbocycles. The monoisotopic (exact) mass is 424 g/mol. The first kappa shape index (κ1) is 21.0. The van der Waals surface area contributed by atoms with Gasteiger partial charge in [-0.1, -0.05) is 141 Å². The molecular formula is C33H28. The summed E-state index contributed by atoms with van der Waals surface area (Å²) in [6.45, 7) is 4.49. The molecule has 0 heteroatoms. The Morgan fingerprint density at radius 1 is 0.364 bits per heavy atom. The second-order valence-electron chi connectivity index (χ2n) is 8.79. The van der Waals surface area contributed by atoms with Crippen molar-refractivity contribution in [1.29, 1.82) is 0 Å². The van der Waals surface area contributed by atoms with Gasteiger partial charge in [-0.2, -0.15) is 0 Å². The first-order chi connectivity index (χ1) is 16.2. The molecule has 0 aliphatic rings. The lowest BCUT2D eigenvalue weighted by Gasteiger charge is -2.21. The first-order valence-electron chi connectivity index (χ1n) is 11.7. The van der Waals surface area contributed by atoms with Gasteiger partial charge in [-0.05, 0) is 56.0 Å². The summed E-state index contributed by atoms with van der Waals surface area (Å²) in [7, 11) is 0. The molecule has 5 rings (SSSR count). The molecule has 0 aromatic heterocycles. The van der Waals surface area contributed by atoms with Crippen molar-refractivity contribution in [3.8, 4) is 44.5 Å². The molecule has 0 heterocycles. The molecule has 5 aromatic carbocycles. The molecule has 33 heavy (non-hydrogen) atoms. The van der Waals surface area contributed by atoms with Crippen molar-refractivity contribution in [2.75, 3.05) is 0 Å². The third-order valence-electron chi connectivity index (χ3n) is 6.30. The third-order valence-corrected chi connectivity index (χ3v) is 6.30. The number of rotatable bonds is 5. The summed E-state index contributed by atoms with van der Waals surface area (Å²) >= 11 is 0. The lowest BCUT2D eigenvalue weighted by molar-refractivity contribution is 0.867. The zero-order valence-corrected chi connectivity index (χ0v) is 19.2. The van der Waals surface area contributed by atoms with E-state index in [1.165, 1.54) is 50.1 Å². The Morgan fingerprint density at radius 3 is 1.12 bits per heavy atom. The lowest BCUT2D eigenvalue weighted by atomic mass is 9.82. The SMILES string of the molecule is CC(C)c1ccc(-c2ccc(-c3ccccc3)c(-c3ccccc3)c2-c2ccccc2)cc1. The van der Waals surface area contributed by atoms with Crippen molar-refractivity contribution in [1.82, 2.24) is 0 Å². The van der Waals surface area contributed by atoms with Crippen molar-refractivity contribution in [3.05, 3.63) is 133 Å². The summed E-state index contributed by atoms with van der Waals surface area (Å²) in [5, 5.41) is 0. The van der Waals surface area contributed by atoms with Gasteiger partial charge in [0.15, 0.2) is 0 Å². The number of hydrogen-bond acceptors (Lipinski definition) is 0. The molecule has 0 N–H and O–H groups in total. The van der Waals surface area contributed by atoms with Crippen molar-refractivity contribution in [3.63, 3.8) is 0 Å². The van der Waals surface area contributed by atoms with Crippen LogP contribution in [0.15, 0.2) is 127 Å². The predicted molar refractivity (Wildman–Crippen MR) is 142 cm³/mol. The van der Waals surface area contributed by atoms with Crippen molar-refractivity contribution in [2.24, 2.45) is 0 Å². The summed E-state index contributed by atoms with van der Waals surface area (Å²) in [4.78, 5) is 0. The Bertz CT molecular complexity index is 1330. The Hall–Kier alpha value is -3.90. The average molecular weight is 425 g/mol. The normalized spacial score (nSPS) is 11.0. The first-order valence-corrected chi connectivity index (χ1v) is 11.7. The van der Waals surface area contributed by atoms with Crippen LogP contribution in [0.4, 0.5) is 0 Å². The van der Waals surface area contributed by atoms with E-state index in [0.29, 0.717) is 5.92 Å². The molecule has 0 amide bonds. The summed E-state index contributed by atoms with van der Waals surface area (Å²) in [6.07, 6.45) is 0. The standard InChI is InChI=1S/C33H28/c1-24(2)25-18-20-27(21-19-25)31-23-22-30(26-12-6-3-7-13-26)32(28-14-8-4-9-15-28)33(31)29-16-10-5-11-17-29/h3-24H,1-2H3. The number of benzene rings is 5. The average Bonchev–Trinajstić information content (AvgIpc) is 2.89. The topological polar surface area (TPSA) is 0 Å². The minimum atomic E-state index is 0.521. The van der Waals surface area contributed by atoms with Crippen LogP contribution in [0.3, 0.4) is 0 Å². The second kappa shape index (κ2) is 9.30. The van der Waals surface area contributed by atoms with Gasteiger partial charge in [0, 0.05) is 0 Å². The van der Waals surface area contributed by atoms with Gasteiger partial charge in [-0.15, -0.1) is 0 Å². The molecule has 0 atom stereocenters. The summed E-state index contributed by atoms with van der Waals surface area (Å²) in [5.41, 5.74) is 11.4. The Labute approximate surface area is 197 Å². The lowest BCUT2D eigenvalue weighted by Crippen LogP contribution is -1.95. The van der Waals surface area contributed by atoms with Crippen LogP contribution in [0, 0.1) is 0 Å². The third kappa shape index (κ3) is 4.25. The van der Waals surface area contributed by atoms with E-state index in [9.17, 15) is 0 Å². The van der Waals surface area contributed by atoms with E-state index >= 15 is 0 Å². The maximum atomic E-state index is 2.29. The molecule has 0 aliphatic carbocycles. The summed E-state index contributed by atoms with van der Waals surface area (Å²) < 4.78 is 0. The highest BCUT2D eigenvalue weighted by Gasteiger charge is 2.19.